The zero-order valence-corrected chi connectivity index (χ0v) is 20.7. The van der Waals surface area contributed by atoms with Gasteiger partial charge in [0.1, 0.15) is 24.1 Å². The number of hydrogen-bond donors (Lipinski definition) is 1. The van der Waals surface area contributed by atoms with Crippen molar-refractivity contribution in [3.63, 3.8) is 0 Å². The summed E-state index contributed by atoms with van der Waals surface area (Å²) in [6.07, 6.45) is 6.97. The van der Waals surface area contributed by atoms with Crippen molar-refractivity contribution in [3.8, 4) is 5.75 Å². The molecule has 5 fully saturated rings. The first kappa shape index (κ1) is 23.7. The standard InChI is InChI=1S/C27H37NO7/c1-17(2)30-19-12-6-5-11-18(19)28-24(29)22-20-21(33-26(32-20)13-7-3-8-14-26)23-25(31-22)35-27(34-23)15-9-4-10-16-27/h5-6,11-12,17,20-23,25H,3-4,7-10,13-16H2,1-2H3,(H,28,29)/t20-,21+,22+,23+,25+/m0/s1. The first-order valence-corrected chi connectivity index (χ1v) is 13.4. The van der Waals surface area contributed by atoms with E-state index >= 15 is 0 Å². The molecule has 0 radical (unpaired) electrons. The minimum Gasteiger partial charge on any atom is -0.489 e. The molecule has 3 heterocycles. The van der Waals surface area contributed by atoms with Crippen molar-refractivity contribution in [2.24, 2.45) is 0 Å². The quantitative estimate of drug-likeness (QED) is 0.661. The third-order valence-corrected chi connectivity index (χ3v) is 7.88. The molecule has 0 unspecified atom stereocenters. The lowest BCUT2D eigenvalue weighted by Gasteiger charge is -2.36. The molecular formula is C27H37NO7. The summed E-state index contributed by atoms with van der Waals surface area (Å²) >= 11 is 0. The molecule has 3 saturated heterocycles. The Bertz CT molecular complexity index is 924. The second-order valence-corrected chi connectivity index (χ2v) is 10.9. The van der Waals surface area contributed by atoms with Crippen LogP contribution in [-0.4, -0.2) is 54.3 Å². The van der Waals surface area contributed by atoms with Gasteiger partial charge in [-0.15, -0.1) is 0 Å². The maximum absolute atomic E-state index is 13.7. The van der Waals surface area contributed by atoms with Crippen molar-refractivity contribution in [3.05, 3.63) is 24.3 Å². The van der Waals surface area contributed by atoms with Gasteiger partial charge in [0.2, 0.25) is 0 Å². The highest BCUT2D eigenvalue weighted by Crippen LogP contribution is 2.51. The van der Waals surface area contributed by atoms with Crippen LogP contribution >= 0.6 is 0 Å². The molecule has 35 heavy (non-hydrogen) atoms. The van der Waals surface area contributed by atoms with E-state index in [2.05, 4.69) is 5.32 Å². The summed E-state index contributed by atoms with van der Waals surface area (Å²) in [7, 11) is 0. The fourth-order valence-electron chi connectivity index (χ4n) is 6.30. The molecule has 3 aliphatic heterocycles. The summed E-state index contributed by atoms with van der Waals surface area (Å²) in [4.78, 5) is 13.7. The third kappa shape index (κ3) is 4.48. The predicted molar refractivity (Wildman–Crippen MR) is 127 cm³/mol. The lowest BCUT2D eigenvalue weighted by Crippen LogP contribution is -2.58. The van der Waals surface area contributed by atoms with Crippen LogP contribution in [0.4, 0.5) is 5.69 Å². The Labute approximate surface area is 206 Å². The van der Waals surface area contributed by atoms with Crippen LogP contribution in [0, 0.1) is 0 Å². The highest BCUT2D eigenvalue weighted by Gasteiger charge is 2.65. The van der Waals surface area contributed by atoms with Gasteiger partial charge in [-0.1, -0.05) is 25.0 Å². The van der Waals surface area contributed by atoms with Crippen molar-refractivity contribution < 1.29 is 33.2 Å². The number of para-hydroxylation sites is 2. The maximum Gasteiger partial charge on any atom is 0.256 e. The van der Waals surface area contributed by atoms with E-state index in [9.17, 15) is 4.79 Å². The van der Waals surface area contributed by atoms with E-state index in [1.165, 1.54) is 12.8 Å². The molecule has 0 aromatic heterocycles. The van der Waals surface area contributed by atoms with Crippen molar-refractivity contribution in [2.75, 3.05) is 5.32 Å². The van der Waals surface area contributed by atoms with Crippen molar-refractivity contribution in [1.29, 1.82) is 0 Å². The van der Waals surface area contributed by atoms with E-state index in [0.29, 0.717) is 11.4 Å². The molecule has 1 N–H and O–H groups in total. The number of hydrogen-bond acceptors (Lipinski definition) is 7. The van der Waals surface area contributed by atoms with Gasteiger partial charge in [0.15, 0.2) is 24.0 Å². The zero-order valence-electron chi connectivity index (χ0n) is 20.7. The van der Waals surface area contributed by atoms with Gasteiger partial charge >= 0.3 is 0 Å². The Balaban J connectivity index is 1.26. The molecule has 8 nitrogen and oxygen atoms in total. The van der Waals surface area contributed by atoms with Crippen molar-refractivity contribution >= 4 is 11.6 Å². The number of benzene rings is 1. The average molecular weight is 488 g/mol. The number of carbonyl (C=O) groups excluding carboxylic acids is 1. The van der Waals surface area contributed by atoms with Gasteiger partial charge in [0.05, 0.1) is 11.8 Å². The molecule has 5 aliphatic rings. The van der Waals surface area contributed by atoms with E-state index in [1.807, 2.05) is 38.1 Å². The molecule has 2 aliphatic carbocycles. The number of ether oxygens (including phenoxy) is 6. The van der Waals surface area contributed by atoms with Crippen LogP contribution < -0.4 is 10.1 Å². The zero-order chi connectivity index (χ0) is 24.0. The third-order valence-electron chi connectivity index (χ3n) is 7.88. The van der Waals surface area contributed by atoms with Crippen LogP contribution in [0.1, 0.15) is 78.1 Å². The molecule has 6 rings (SSSR count). The number of amides is 1. The Kier molecular flexibility index (Phi) is 6.29. The summed E-state index contributed by atoms with van der Waals surface area (Å²) in [6.45, 7) is 3.92. The number of nitrogens with one attached hydrogen (secondary N) is 1. The van der Waals surface area contributed by atoms with Crippen molar-refractivity contribution in [1.82, 2.24) is 0 Å². The normalized spacial score (nSPS) is 35.1. The Morgan fingerprint density at radius 2 is 1.46 bits per heavy atom. The van der Waals surface area contributed by atoms with Crippen LogP contribution in [0.15, 0.2) is 24.3 Å². The molecule has 0 bridgehead atoms. The van der Waals surface area contributed by atoms with E-state index < -0.39 is 42.3 Å². The van der Waals surface area contributed by atoms with E-state index in [-0.39, 0.29) is 12.0 Å². The minimum atomic E-state index is -0.878. The van der Waals surface area contributed by atoms with Crippen LogP contribution in [0.25, 0.3) is 0 Å². The number of fused-ring (bicyclic) bond motifs is 3. The Morgan fingerprint density at radius 1 is 0.857 bits per heavy atom. The maximum atomic E-state index is 13.7. The number of anilines is 1. The summed E-state index contributed by atoms with van der Waals surface area (Å²) in [6, 6.07) is 7.44. The Hall–Kier alpha value is -1.71. The number of carbonyl (C=O) groups is 1. The van der Waals surface area contributed by atoms with Crippen LogP contribution in [0.3, 0.4) is 0 Å². The first-order valence-electron chi connectivity index (χ1n) is 13.4. The second kappa shape index (κ2) is 9.30. The molecule has 1 amide bonds. The Morgan fingerprint density at radius 3 is 2.14 bits per heavy atom. The molecular weight excluding hydrogens is 450 g/mol. The van der Waals surface area contributed by atoms with Crippen molar-refractivity contribution in [2.45, 2.75) is 126 Å². The summed E-state index contributed by atoms with van der Waals surface area (Å²) in [5.74, 6) is -0.986. The molecule has 1 aromatic carbocycles. The van der Waals surface area contributed by atoms with Gasteiger partial charge in [0.25, 0.3) is 5.91 Å². The van der Waals surface area contributed by atoms with Crippen LogP contribution in [0.2, 0.25) is 0 Å². The molecule has 8 heteroatoms. The van der Waals surface area contributed by atoms with Gasteiger partial charge in [0, 0.05) is 25.7 Å². The largest absolute Gasteiger partial charge is 0.489 e. The highest BCUT2D eigenvalue weighted by molar-refractivity contribution is 5.96. The lowest BCUT2D eigenvalue weighted by atomic mass is 9.94. The fraction of sp³-hybridized carbons (Fsp3) is 0.741. The second-order valence-electron chi connectivity index (χ2n) is 10.9. The monoisotopic (exact) mass is 487 g/mol. The van der Waals surface area contributed by atoms with E-state index in [1.54, 1.807) is 0 Å². The highest BCUT2D eigenvalue weighted by atomic mass is 16.9. The summed E-state index contributed by atoms with van der Waals surface area (Å²) < 4.78 is 38.4. The number of rotatable bonds is 4. The van der Waals surface area contributed by atoms with Crippen LogP contribution in [-0.2, 0) is 28.5 Å². The van der Waals surface area contributed by atoms with Gasteiger partial charge in [-0.25, -0.2) is 0 Å². The fourth-order valence-corrected chi connectivity index (χ4v) is 6.30. The van der Waals surface area contributed by atoms with Gasteiger partial charge in [-0.2, -0.15) is 0 Å². The predicted octanol–water partition coefficient (Wildman–Crippen LogP) is 4.66. The van der Waals surface area contributed by atoms with Gasteiger partial charge in [-0.05, 0) is 51.7 Å². The first-order chi connectivity index (χ1) is 17.0. The summed E-state index contributed by atoms with van der Waals surface area (Å²) in [5, 5.41) is 3.02. The van der Waals surface area contributed by atoms with Gasteiger partial charge in [-0.3, -0.25) is 4.79 Å². The van der Waals surface area contributed by atoms with Crippen LogP contribution in [0.5, 0.6) is 5.75 Å². The summed E-state index contributed by atoms with van der Waals surface area (Å²) in [5.41, 5.74) is 0.604. The molecule has 192 valence electrons. The minimum absolute atomic E-state index is 0.0161. The SMILES string of the molecule is CC(C)Oc1ccccc1NC(=O)[C@@H]1O[C@@H]2OC3(CCCCC3)O[C@@H]2[C@@H]2OC3(CCCCC3)O[C@@H]21. The lowest BCUT2D eigenvalue weighted by molar-refractivity contribution is -0.246. The molecule has 1 aromatic rings. The van der Waals surface area contributed by atoms with E-state index in [0.717, 1.165) is 51.4 Å². The molecule has 2 saturated carbocycles. The van der Waals surface area contributed by atoms with Gasteiger partial charge < -0.3 is 33.7 Å². The van der Waals surface area contributed by atoms with E-state index in [4.69, 9.17) is 28.4 Å². The topological polar surface area (TPSA) is 84.5 Å². The molecule has 5 atom stereocenters. The average Bonchev–Trinajstić information content (AvgIpc) is 3.38. The molecule has 2 spiro atoms. The smallest absolute Gasteiger partial charge is 0.256 e.